The van der Waals surface area contributed by atoms with E-state index in [9.17, 15) is 14.7 Å². The number of aliphatic carboxylic acids is 1. The summed E-state index contributed by atoms with van der Waals surface area (Å²) >= 11 is 0. The Labute approximate surface area is 181 Å². The number of aliphatic imine (C=N–C) groups is 1. The molecular formula is C22H29N5O4. The minimum atomic E-state index is -1.09. The highest BCUT2D eigenvalue weighted by Crippen LogP contribution is 2.18. The van der Waals surface area contributed by atoms with Crippen molar-refractivity contribution in [2.24, 2.45) is 16.5 Å². The molecule has 0 radical (unpaired) electrons. The number of nitrogens with two attached hydrogens (primary N) is 2. The molecule has 0 aliphatic rings. The fraction of sp³-hybridized carbons (Fsp3) is 0.318. The number of carbonyl (C=O) groups excluding carboxylic acids is 1. The van der Waals surface area contributed by atoms with E-state index in [1.54, 1.807) is 30.3 Å². The Kier molecular flexibility index (Phi) is 9.15. The smallest absolute Gasteiger partial charge is 0.326 e. The summed E-state index contributed by atoms with van der Waals surface area (Å²) in [5.41, 5.74) is 13.1. The van der Waals surface area contributed by atoms with Crippen molar-refractivity contribution in [2.45, 2.75) is 38.8 Å². The van der Waals surface area contributed by atoms with Gasteiger partial charge in [0.1, 0.15) is 18.4 Å². The van der Waals surface area contributed by atoms with Crippen molar-refractivity contribution in [1.29, 1.82) is 0 Å². The number of carbonyl (C=O) groups is 2. The van der Waals surface area contributed by atoms with E-state index in [1.807, 2.05) is 25.1 Å². The molecule has 9 nitrogen and oxygen atoms in total. The summed E-state index contributed by atoms with van der Waals surface area (Å²) in [6, 6.07) is 12.9. The second-order valence-electron chi connectivity index (χ2n) is 6.99. The topological polar surface area (TPSA) is 152 Å². The third-order valence-electron chi connectivity index (χ3n) is 4.36. The van der Waals surface area contributed by atoms with E-state index in [2.05, 4.69) is 15.6 Å². The summed E-state index contributed by atoms with van der Waals surface area (Å²) in [5.74, 6) is -0.471. The lowest BCUT2D eigenvalue weighted by Crippen LogP contribution is -2.47. The summed E-state index contributed by atoms with van der Waals surface area (Å²) in [6.45, 7) is 2.84. The van der Waals surface area contributed by atoms with Gasteiger partial charge >= 0.3 is 12.0 Å². The molecule has 1 atom stereocenters. The number of rotatable bonds is 11. The molecule has 31 heavy (non-hydrogen) atoms. The molecule has 1 unspecified atom stereocenters. The van der Waals surface area contributed by atoms with Crippen molar-refractivity contribution in [2.75, 3.05) is 6.54 Å². The van der Waals surface area contributed by atoms with E-state index in [1.165, 1.54) is 0 Å². The van der Waals surface area contributed by atoms with Gasteiger partial charge in [-0.3, -0.25) is 0 Å². The SMILES string of the molecule is CCCCNC(=O)NC(Cc1ccc(OCc2cccc(N=C(N)N)c2)cc1)C(=O)O. The van der Waals surface area contributed by atoms with Gasteiger partial charge in [0.2, 0.25) is 0 Å². The number of nitrogens with zero attached hydrogens (tertiary/aromatic N) is 1. The van der Waals surface area contributed by atoms with Crippen molar-refractivity contribution < 1.29 is 19.4 Å². The third-order valence-corrected chi connectivity index (χ3v) is 4.36. The lowest BCUT2D eigenvalue weighted by molar-refractivity contribution is -0.139. The van der Waals surface area contributed by atoms with Crippen molar-refractivity contribution in [3.63, 3.8) is 0 Å². The van der Waals surface area contributed by atoms with Crippen LogP contribution >= 0.6 is 0 Å². The van der Waals surface area contributed by atoms with Crippen LogP contribution in [0.25, 0.3) is 0 Å². The Morgan fingerprint density at radius 1 is 1.13 bits per heavy atom. The second kappa shape index (κ2) is 12.1. The number of benzene rings is 2. The highest BCUT2D eigenvalue weighted by Gasteiger charge is 2.20. The Morgan fingerprint density at radius 3 is 2.52 bits per heavy atom. The lowest BCUT2D eigenvalue weighted by Gasteiger charge is -2.15. The van der Waals surface area contributed by atoms with Crippen LogP contribution in [0.1, 0.15) is 30.9 Å². The fourth-order valence-electron chi connectivity index (χ4n) is 2.78. The van der Waals surface area contributed by atoms with Crippen LogP contribution in [-0.4, -0.2) is 35.7 Å². The number of ether oxygens (including phenoxy) is 1. The number of unbranched alkanes of at least 4 members (excludes halogenated alkanes) is 1. The molecule has 0 aromatic heterocycles. The minimum absolute atomic E-state index is 0.0127. The summed E-state index contributed by atoms with van der Waals surface area (Å²) in [6.07, 6.45) is 1.95. The molecule has 9 heteroatoms. The number of carboxylic acids is 1. The number of carboxylic acid groups (broad SMARTS) is 1. The van der Waals surface area contributed by atoms with Crippen molar-refractivity contribution >= 4 is 23.6 Å². The van der Waals surface area contributed by atoms with Gasteiger partial charge in [0.25, 0.3) is 0 Å². The normalized spacial score (nSPS) is 11.3. The monoisotopic (exact) mass is 427 g/mol. The van der Waals surface area contributed by atoms with Gasteiger partial charge in [-0.1, -0.05) is 37.6 Å². The number of hydrogen-bond donors (Lipinski definition) is 5. The molecule has 0 aliphatic heterocycles. The van der Waals surface area contributed by atoms with Gasteiger partial charge in [-0.25, -0.2) is 14.6 Å². The molecule has 166 valence electrons. The first-order valence-electron chi connectivity index (χ1n) is 10.0. The van der Waals surface area contributed by atoms with Gasteiger partial charge in [-0.15, -0.1) is 0 Å². The van der Waals surface area contributed by atoms with Crippen LogP contribution in [0.4, 0.5) is 10.5 Å². The molecule has 2 amide bonds. The van der Waals surface area contributed by atoms with Crippen LogP contribution in [0.2, 0.25) is 0 Å². The highest BCUT2D eigenvalue weighted by atomic mass is 16.5. The van der Waals surface area contributed by atoms with Gasteiger partial charge in [-0.05, 0) is 41.8 Å². The minimum Gasteiger partial charge on any atom is -0.489 e. The average molecular weight is 428 g/mol. The standard InChI is InChI=1S/C22H29N5O4/c1-2-3-11-25-22(30)27-19(20(28)29)13-15-7-9-18(10-8-15)31-14-16-5-4-6-17(12-16)26-21(23)24/h4-10,12,19H,2-3,11,13-14H2,1H3,(H,28,29)(H4,23,24,26)(H2,25,27,30). The number of urea groups is 1. The van der Waals surface area contributed by atoms with Crippen LogP contribution in [0.3, 0.4) is 0 Å². The molecule has 0 heterocycles. The maximum absolute atomic E-state index is 11.9. The summed E-state index contributed by atoms with van der Waals surface area (Å²) in [7, 11) is 0. The van der Waals surface area contributed by atoms with E-state index < -0.39 is 18.0 Å². The van der Waals surface area contributed by atoms with Crippen molar-refractivity contribution in [3.05, 3.63) is 59.7 Å². The maximum Gasteiger partial charge on any atom is 0.326 e. The highest BCUT2D eigenvalue weighted by molar-refractivity contribution is 5.82. The first kappa shape index (κ1) is 23.5. The fourth-order valence-corrected chi connectivity index (χ4v) is 2.78. The van der Waals surface area contributed by atoms with Crippen molar-refractivity contribution in [3.8, 4) is 5.75 Å². The van der Waals surface area contributed by atoms with E-state index in [0.717, 1.165) is 24.0 Å². The first-order chi connectivity index (χ1) is 14.9. The number of nitrogens with one attached hydrogen (secondary N) is 2. The molecule has 0 bridgehead atoms. The molecule has 0 aliphatic carbocycles. The number of hydrogen-bond acceptors (Lipinski definition) is 4. The first-order valence-corrected chi connectivity index (χ1v) is 10.0. The van der Waals surface area contributed by atoms with Crippen LogP contribution in [0, 0.1) is 0 Å². The molecule has 2 rings (SSSR count). The van der Waals surface area contributed by atoms with Crippen LogP contribution < -0.4 is 26.8 Å². The Hall–Kier alpha value is -3.75. The molecule has 2 aromatic rings. The van der Waals surface area contributed by atoms with Gasteiger partial charge in [0.15, 0.2) is 5.96 Å². The summed E-state index contributed by atoms with van der Waals surface area (Å²) in [4.78, 5) is 27.4. The van der Waals surface area contributed by atoms with Crippen LogP contribution in [0.15, 0.2) is 53.5 Å². The van der Waals surface area contributed by atoms with Gasteiger partial charge < -0.3 is 31.9 Å². The van der Waals surface area contributed by atoms with Gasteiger partial charge in [0.05, 0.1) is 5.69 Å². The summed E-state index contributed by atoms with van der Waals surface area (Å²) in [5, 5.41) is 14.6. The van der Waals surface area contributed by atoms with E-state index in [4.69, 9.17) is 16.2 Å². The van der Waals surface area contributed by atoms with Crippen molar-refractivity contribution in [1.82, 2.24) is 10.6 Å². The largest absolute Gasteiger partial charge is 0.489 e. The predicted octanol–water partition coefficient (Wildman–Crippen LogP) is 2.27. The second-order valence-corrected chi connectivity index (χ2v) is 6.99. The zero-order chi connectivity index (χ0) is 22.6. The third kappa shape index (κ3) is 8.65. The average Bonchev–Trinajstić information content (AvgIpc) is 2.72. The predicted molar refractivity (Wildman–Crippen MR) is 119 cm³/mol. The molecule has 0 fully saturated rings. The zero-order valence-corrected chi connectivity index (χ0v) is 17.5. The Balaban J connectivity index is 1.91. The zero-order valence-electron chi connectivity index (χ0n) is 17.5. The quantitative estimate of drug-likeness (QED) is 0.211. The molecule has 0 saturated heterocycles. The van der Waals surface area contributed by atoms with E-state index in [-0.39, 0.29) is 12.4 Å². The Morgan fingerprint density at radius 2 is 1.87 bits per heavy atom. The van der Waals surface area contributed by atoms with Crippen LogP contribution in [-0.2, 0) is 17.8 Å². The number of amides is 2. The Bertz CT molecular complexity index is 895. The number of guanidine groups is 1. The molecule has 0 saturated carbocycles. The lowest BCUT2D eigenvalue weighted by atomic mass is 10.1. The summed E-state index contributed by atoms with van der Waals surface area (Å²) < 4.78 is 5.77. The van der Waals surface area contributed by atoms with Crippen LogP contribution in [0.5, 0.6) is 5.75 Å². The van der Waals surface area contributed by atoms with E-state index >= 15 is 0 Å². The molecule has 7 N–H and O–H groups in total. The maximum atomic E-state index is 11.9. The van der Waals surface area contributed by atoms with E-state index in [0.29, 0.717) is 24.6 Å². The molecule has 0 spiro atoms. The van der Waals surface area contributed by atoms with Gasteiger partial charge in [0, 0.05) is 13.0 Å². The van der Waals surface area contributed by atoms with Gasteiger partial charge in [-0.2, -0.15) is 0 Å². The molecular weight excluding hydrogens is 398 g/mol. The molecule has 2 aromatic carbocycles.